The van der Waals surface area contributed by atoms with Gasteiger partial charge in [0.05, 0.1) is 12.7 Å². The summed E-state index contributed by atoms with van der Waals surface area (Å²) in [4.78, 5) is 0.667. The van der Waals surface area contributed by atoms with Crippen molar-refractivity contribution < 1.29 is 4.74 Å². The van der Waals surface area contributed by atoms with Crippen LogP contribution in [-0.2, 0) is 11.3 Å². The maximum absolute atomic E-state index is 6.29. The third-order valence-corrected chi connectivity index (χ3v) is 6.84. The molecule has 0 saturated heterocycles. The number of hydrogen-bond acceptors (Lipinski definition) is 1. The standard InChI is InChI=1S/C17H22Br2O/c18-14-7-5-6-13(10-14)12-20-16-11-15(19)17(16)8-3-1-2-4-9-17/h5-7,10,15-16H,1-4,8-9,11-12H2. The Morgan fingerprint density at radius 2 is 1.90 bits per heavy atom. The van der Waals surface area contributed by atoms with Gasteiger partial charge in [-0.2, -0.15) is 0 Å². The highest BCUT2D eigenvalue weighted by molar-refractivity contribution is 9.10. The van der Waals surface area contributed by atoms with Crippen molar-refractivity contribution >= 4 is 31.9 Å². The van der Waals surface area contributed by atoms with E-state index in [2.05, 4.69) is 56.1 Å². The van der Waals surface area contributed by atoms with E-state index in [9.17, 15) is 0 Å². The molecule has 2 aliphatic carbocycles. The summed E-state index contributed by atoms with van der Waals surface area (Å²) in [5.74, 6) is 0. The number of halogens is 2. The fourth-order valence-electron chi connectivity index (χ4n) is 3.78. The summed E-state index contributed by atoms with van der Waals surface area (Å²) in [5, 5.41) is 0. The van der Waals surface area contributed by atoms with Crippen LogP contribution in [0.25, 0.3) is 0 Å². The Hall–Kier alpha value is 0.140. The number of rotatable bonds is 3. The van der Waals surface area contributed by atoms with Crippen LogP contribution < -0.4 is 0 Å². The van der Waals surface area contributed by atoms with E-state index in [1.54, 1.807) is 0 Å². The van der Waals surface area contributed by atoms with Crippen molar-refractivity contribution in [2.45, 2.75) is 62.5 Å². The minimum Gasteiger partial charge on any atom is -0.373 e. The third-order valence-electron chi connectivity index (χ3n) is 5.06. The lowest BCUT2D eigenvalue weighted by Gasteiger charge is -2.53. The Morgan fingerprint density at radius 1 is 1.15 bits per heavy atom. The fourth-order valence-corrected chi connectivity index (χ4v) is 5.32. The Balaban J connectivity index is 1.62. The van der Waals surface area contributed by atoms with Crippen molar-refractivity contribution in [3.05, 3.63) is 34.3 Å². The summed E-state index contributed by atoms with van der Waals surface area (Å²) in [5.41, 5.74) is 1.68. The van der Waals surface area contributed by atoms with Crippen LogP contribution in [0.15, 0.2) is 28.7 Å². The molecule has 0 heterocycles. The summed E-state index contributed by atoms with van der Waals surface area (Å²) < 4.78 is 7.42. The van der Waals surface area contributed by atoms with Crippen molar-refractivity contribution in [3.63, 3.8) is 0 Å². The Bertz CT molecular complexity index is 452. The van der Waals surface area contributed by atoms with E-state index in [0.717, 1.165) is 11.1 Å². The van der Waals surface area contributed by atoms with Crippen molar-refractivity contribution in [1.82, 2.24) is 0 Å². The van der Waals surface area contributed by atoms with Crippen LogP contribution >= 0.6 is 31.9 Å². The highest BCUT2D eigenvalue weighted by Crippen LogP contribution is 2.55. The smallest absolute Gasteiger partial charge is 0.0721 e. The number of alkyl halides is 1. The van der Waals surface area contributed by atoms with E-state index in [-0.39, 0.29) is 0 Å². The highest BCUT2D eigenvalue weighted by Gasteiger charge is 2.53. The first-order valence-electron chi connectivity index (χ1n) is 7.71. The molecule has 20 heavy (non-hydrogen) atoms. The lowest BCUT2D eigenvalue weighted by Crippen LogP contribution is -2.55. The van der Waals surface area contributed by atoms with Gasteiger partial charge in [-0.25, -0.2) is 0 Å². The Labute approximate surface area is 138 Å². The molecule has 3 heteroatoms. The van der Waals surface area contributed by atoms with Gasteiger partial charge < -0.3 is 4.74 Å². The average Bonchev–Trinajstić information content (AvgIpc) is 2.71. The van der Waals surface area contributed by atoms with Gasteiger partial charge in [0.2, 0.25) is 0 Å². The zero-order chi connectivity index (χ0) is 14.0. The second kappa shape index (κ2) is 6.50. The lowest BCUT2D eigenvalue weighted by molar-refractivity contribution is -0.118. The predicted octanol–water partition coefficient (Wildman–Crippen LogP) is 5.84. The van der Waals surface area contributed by atoms with Crippen LogP contribution in [0.1, 0.15) is 50.5 Å². The van der Waals surface area contributed by atoms with E-state index in [0.29, 0.717) is 16.3 Å². The molecule has 2 saturated carbocycles. The van der Waals surface area contributed by atoms with Crippen LogP contribution in [0.5, 0.6) is 0 Å². The van der Waals surface area contributed by atoms with E-state index in [1.807, 2.05) is 0 Å². The minimum absolute atomic E-state index is 0.419. The Kier molecular flexibility index (Phi) is 4.89. The van der Waals surface area contributed by atoms with Gasteiger partial charge in [0.15, 0.2) is 0 Å². The van der Waals surface area contributed by atoms with Crippen LogP contribution in [0, 0.1) is 5.41 Å². The van der Waals surface area contributed by atoms with Gasteiger partial charge >= 0.3 is 0 Å². The zero-order valence-corrected chi connectivity index (χ0v) is 15.0. The molecule has 0 aromatic heterocycles. The van der Waals surface area contributed by atoms with Crippen molar-refractivity contribution in [1.29, 1.82) is 0 Å². The summed E-state index contributed by atoms with van der Waals surface area (Å²) in [6, 6.07) is 8.45. The monoisotopic (exact) mass is 400 g/mol. The molecule has 1 spiro atoms. The van der Waals surface area contributed by atoms with E-state index in [4.69, 9.17) is 4.74 Å². The van der Waals surface area contributed by atoms with Crippen molar-refractivity contribution in [2.24, 2.45) is 5.41 Å². The molecule has 2 atom stereocenters. The molecule has 0 bridgehead atoms. The normalized spacial score (nSPS) is 28.9. The van der Waals surface area contributed by atoms with Crippen LogP contribution in [0.3, 0.4) is 0 Å². The summed E-state index contributed by atoms with van der Waals surface area (Å²) in [6.45, 7) is 0.742. The van der Waals surface area contributed by atoms with Gasteiger partial charge in [-0.05, 0) is 37.0 Å². The quantitative estimate of drug-likeness (QED) is 0.577. The summed E-state index contributed by atoms with van der Waals surface area (Å²) in [7, 11) is 0. The third kappa shape index (κ3) is 3.00. The molecule has 110 valence electrons. The van der Waals surface area contributed by atoms with Gasteiger partial charge in [0.25, 0.3) is 0 Å². The molecule has 1 aromatic rings. The second-order valence-electron chi connectivity index (χ2n) is 6.28. The molecule has 2 fully saturated rings. The highest BCUT2D eigenvalue weighted by atomic mass is 79.9. The number of benzene rings is 1. The lowest BCUT2D eigenvalue weighted by atomic mass is 9.61. The van der Waals surface area contributed by atoms with Gasteiger partial charge in [-0.15, -0.1) is 0 Å². The molecule has 0 radical (unpaired) electrons. The number of ether oxygens (including phenoxy) is 1. The Morgan fingerprint density at radius 3 is 2.55 bits per heavy atom. The molecule has 2 aliphatic rings. The van der Waals surface area contributed by atoms with Crippen LogP contribution in [0.2, 0.25) is 0 Å². The molecular formula is C17H22Br2O. The second-order valence-corrected chi connectivity index (χ2v) is 8.30. The van der Waals surface area contributed by atoms with E-state index < -0.39 is 0 Å². The maximum Gasteiger partial charge on any atom is 0.0721 e. The van der Waals surface area contributed by atoms with Crippen molar-refractivity contribution in [2.75, 3.05) is 0 Å². The van der Waals surface area contributed by atoms with E-state index in [1.165, 1.54) is 50.5 Å². The molecule has 2 unspecified atom stereocenters. The first-order chi connectivity index (χ1) is 9.71. The first-order valence-corrected chi connectivity index (χ1v) is 9.42. The SMILES string of the molecule is Brc1cccc(COC2CC(Br)C23CCCCCC3)c1. The van der Waals surface area contributed by atoms with Gasteiger partial charge in [0.1, 0.15) is 0 Å². The maximum atomic E-state index is 6.29. The first kappa shape index (κ1) is 15.1. The fraction of sp³-hybridized carbons (Fsp3) is 0.647. The average molecular weight is 402 g/mol. The molecule has 0 aliphatic heterocycles. The summed E-state index contributed by atoms with van der Waals surface area (Å²) >= 11 is 7.43. The van der Waals surface area contributed by atoms with Crippen molar-refractivity contribution in [3.8, 4) is 0 Å². The molecule has 1 nitrogen and oxygen atoms in total. The molecule has 1 aromatic carbocycles. The van der Waals surface area contributed by atoms with Crippen LogP contribution in [-0.4, -0.2) is 10.9 Å². The van der Waals surface area contributed by atoms with E-state index >= 15 is 0 Å². The molecule has 0 amide bonds. The van der Waals surface area contributed by atoms with Gasteiger partial charge in [0, 0.05) is 14.7 Å². The molecular weight excluding hydrogens is 380 g/mol. The topological polar surface area (TPSA) is 9.23 Å². The van der Waals surface area contributed by atoms with Crippen LogP contribution in [0.4, 0.5) is 0 Å². The predicted molar refractivity (Wildman–Crippen MR) is 90.2 cm³/mol. The minimum atomic E-state index is 0.419. The van der Waals surface area contributed by atoms with Gasteiger partial charge in [-0.1, -0.05) is 69.7 Å². The molecule has 0 N–H and O–H groups in total. The van der Waals surface area contributed by atoms with Gasteiger partial charge in [-0.3, -0.25) is 0 Å². The largest absolute Gasteiger partial charge is 0.373 e. The number of hydrogen-bond donors (Lipinski definition) is 0. The summed E-state index contributed by atoms with van der Waals surface area (Å²) in [6.07, 6.45) is 9.85. The zero-order valence-electron chi connectivity index (χ0n) is 11.8. The molecule has 3 rings (SSSR count).